The zero-order chi connectivity index (χ0) is 56.0. The van der Waals surface area contributed by atoms with E-state index in [-0.39, 0.29) is 76.6 Å². The molecule has 7 rings (SSSR count). The van der Waals surface area contributed by atoms with Gasteiger partial charge in [-0.05, 0) is 85.3 Å². The largest absolute Gasteiger partial charge is 0.339 e. The Labute approximate surface area is 443 Å². The molecule has 76 heavy (non-hydrogen) atoms. The van der Waals surface area contributed by atoms with Crippen LogP contribution >= 0.6 is 34.5 Å². The van der Waals surface area contributed by atoms with Crippen molar-refractivity contribution in [2.24, 2.45) is 20.5 Å². The van der Waals surface area contributed by atoms with E-state index in [1.165, 1.54) is 50.2 Å². The van der Waals surface area contributed by atoms with E-state index < -0.39 is 97.4 Å². The van der Waals surface area contributed by atoms with Crippen molar-refractivity contribution in [3.63, 3.8) is 0 Å². The van der Waals surface area contributed by atoms with Crippen LogP contribution in [0.25, 0.3) is 21.9 Å². The first-order valence-electron chi connectivity index (χ1n) is 20.1. The summed E-state index contributed by atoms with van der Waals surface area (Å²) >= 11 is 12.7. The van der Waals surface area contributed by atoms with Crippen LogP contribution in [0.15, 0.2) is 130 Å². The average Bonchev–Trinajstić information content (AvgIpc) is 3.68. The van der Waals surface area contributed by atoms with Gasteiger partial charge in [0.15, 0.2) is 16.6 Å². The first-order valence-corrected chi connectivity index (χ1v) is 28.9. The molecule has 0 bridgehead atoms. The molecule has 0 saturated carbocycles. The number of hydrogen-bond donors (Lipinski definition) is 8. The Balaban J connectivity index is 1.45. The number of nitriles is 2. The molecule has 0 aliphatic carbocycles. The number of pyridine rings is 1. The number of thiophene rings is 1. The van der Waals surface area contributed by atoms with Gasteiger partial charge in [0.1, 0.15) is 48.0 Å². The van der Waals surface area contributed by atoms with Crippen molar-refractivity contribution in [3.8, 4) is 23.3 Å². The molecular weight excluding hydrogens is 1160 g/mol. The monoisotopic (exact) mass is 1190 g/mol. The molecule has 0 unspecified atom stereocenters. The molecule has 26 nitrogen and oxygen atoms in total. The van der Waals surface area contributed by atoms with E-state index >= 15 is 0 Å². The van der Waals surface area contributed by atoms with Gasteiger partial charge in [0.25, 0.3) is 50.6 Å². The van der Waals surface area contributed by atoms with Gasteiger partial charge in [-0.15, -0.1) is 20.5 Å². The van der Waals surface area contributed by atoms with E-state index in [9.17, 15) is 80.2 Å². The molecule has 0 saturated heterocycles. The van der Waals surface area contributed by atoms with Crippen LogP contribution in [0.1, 0.15) is 23.6 Å². The fraction of sp³-hybridized carbons (Fsp3) is 0.0476. The van der Waals surface area contributed by atoms with Gasteiger partial charge in [-0.25, -0.2) is 4.98 Å². The standard InChI is InChI=1S/C42H28Cl2N10O16S6/c1-19-29(17-45)39(48-23-7-9-31(43)35(12-23)75(65,66)67)50-40(49-24-8-10-32(44)36(13-24)76(68,69)70)38(19)52-53-41-30(18-46)37(21-3-5-22(6-4-21)47-20(2)55)42(71-41)54-51-25-11-27-28(33(14-25)73(59,60)61)15-26(72(56,57)58)16-34(27)74(62,63)64/h3-16H,1-2H3,(H,47,55)(H2,48,49,50)(H,56,57,58)(H,59,60,61)(H,62,63,64)(H,65,66,67)(H,68,69,70). The van der Waals surface area contributed by atoms with Crippen LogP contribution in [-0.2, 0) is 55.4 Å². The molecule has 34 heteroatoms. The summed E-state index contributed by atoms with van der Waals surface area (Å²) < 4.78 is 173. The Morgan fingerprint density at radius 2 is 1.07 bits per heavy atom. The highest BCUT2D eigenvalue weighted by molar-refractivity contribution is 7.87. The summed E-state index contributed by atoms with van der Waals surface area (Å²) in [6.07, 6.45) is 0. The highest BCUT2D eigenvalue weighted by Crippen LogP contribution is 2.49. The Morgan fingerprint density at radius 1 is 0.579 bits per heavy atom. The molecule has 7 aromatic rings. The number of amides is 1. The van der Waals surface area contributed by atoms with Crippen LogP contribution in [0.5, 0.6) is 0 Å². The number of carbonyl (C=O) groups excluding carboxylic acids is 1. The Hall–Kier alpha value is -7.41. The molecule has 2 aromatic heterocycles. The minimum Gasteiger partial charge on any atom is -0.339 e. The number of nitrogens with zero attached hydrogens (tertiary/aromatic N) is 7. The molecule has 2 heterocycles. The smallest absolute Gasteiger partial charge is 0.296 e. The van der Waals surface area contributed by atoms with Crippen molar-refractivity contribution in [2.75, 3.05) is 16.0 Å². The fourth-order valence-corrected chi connectivity index (χ4v) is 12.0. The lowest BCUT2D eigenvalue weighted by atomic mass is 10.0. The van der Waals surface area contributed by atoms with E-state index in [2.05, 4.69) is 41.4 Å². The summed E-state index contributed by atoms with van der Waals surface area (Å²) in [4.78, 5) is 11.2. The van der Waals surface area contributed by atoms with Crippen molar-refractivity contribution < 1.29 is 69.6 Å². The number of nitrogens with one attached hydrogen (secondary N) is 3. The number of rotatable bonds is 15. The number of azo groups is 2. The highest BCUT2D eigenvalue weighted by Gasteiger charge is 2.28. The molecule has 5 aromatic carbocycles. The summed E-state index contributed by atoms with van der Waals surface area (Å²) in [6, 6.07) is 18.6. The van der Waals surface area contributed by atoms with E-state index in [0.717, 1.165) is 30.3 Å². The second-order valence-corrected chi connectivity index (χ2v) is 24.2. The number of benzene rings is 5. The fourth-order valence-electron chi connectivity index (χ4n) is 6.99. The van der Waals surface area contributed by atoms with Crippen molar-refractivity contribution in [1.29, 1.82) is 10.5 Å². The quantitative estimate of drug-likeness (QED) is 0.0349. The number of halogens is 2. The average molecular weight is 1190 g/mol. The number of carbonyl (C=O) groups is 1. The lowest BCUT2D eigenvalue weighted by Gasteiger charge is -2.16. The number of fused-ring (bicyclic) bond motifs is 1. The van der Waals surface area contributed by atoms with Gasteiger partial charge in [-0.2, -0.15) is 52.6 Å². The van der Waals surface area contributed by atoms with Crippen LogP contribution in [-0.4, -0.2) is 75.7 Å². The molecule has 0 radical (unpaired) electrons. The zero-order valence-electron chi connectivity index (χ0n) is 37.6. The maximum absolute atomic E-state index is 12.7. The topological polar surface area (TPSA) is 435 Å². The van der Waals surface area contributed by atoms with Crippen LogP contribution in [0.4, 0.5) is 50.1 Å². The number of anilines is 5. The van der Waals surface area contributed by atoms with Gasteiger partial charge < -0.3 is 16.0 Å². The predicted octanol–water partition coefficient (Wildman–Crippen LogP) is 9.83. The summed E-state index contributed by atoms with van der Waals surface area (Å²) in [6.45, 7) is 2.61. The second-order valence-electron chi connectivity index (χ2n) is 15.4. The molecule has 392 valence electrons. The minimum atomic E-state index is -5.42. The Bertz CT molecular complexity index is 4390. The maximum atomic E-state index is 12.7. The normalized spacial score (nSPS) is 12.5. The van der Waals surface area contributed by atoms with Gasteiger partial charge >= 0.3 is 0 Å². The van der Waals surface area contributed by atoms with Gasteiger partial charge in [0.05, 0.1) is 26.2 Å². The van der Waals surface area contributed by atoms with E-state index in [1.807, 2.05) is 12.1 Å². The lowest BCUT2D eigenvalue weighted by Crippen LogP contribution is -2.07. The zero-order valence-corrected chi connectivity index (χ0v) is 44.1. The number of aromatic nitrogens is 1. The summed E-state index contributed by atoms with van der Waals surface area (Å²) in [5.41, 5.74) is -1.09. The molecule has 1 amide bonds. The third kappa shape index (κ3) is 12.3. The second kappa shape index (κ2) is 21.0. The van der Waals surface area contributed by atoms with Gasteiger partial charge in [0.2, 0.25) is 5.91 Å². The third-order valence-electron chi connectivity index (χ3n) is 10.3. The van der Waals surface area contributed by atoms with E-state index in [0.29, 0.717) is 35.2 Å². The van der Waals surface area contributed by atoms with Crippen molar-refractivity contribution in [1.82, 2.24) is 4.98 Å². The van der Waals surface area contributed by atoms with Gasteiger partial charge in [0, 0.05) is 45.9 Å². The Morgan fingerprint density at radius 3 is 1.57 bits per heavy atom. The predicted molar refractivity (Wildman–Crippen MR) is 273 cm³/mol. The Kier molecular flexibility index (Phi) is 15.5. The van der Waals surface area contributed by atoms with Crippen molar-refractivity contribution >= 4 is 152 Å². The van der Waals surface area contributed by atoms with Crippen LogP contribution in [0.2, 0.25) is 10.0 Å². The van der Waals surface area contributed by atoms with E-state index in [1.54, 1.807) is 0 Å². The highest BCUT2D eigenvalue weighted by atomic mass is 35.5. The molecule has 8 N–H and O–H groups in total. The van der Waals surface area contributed by atoms with Gasteiger partial charge in [-0.3, -0.25) is 27.6 Å². The summed E-state index contributed by atoms with van der Waals surface area (Å²) in [5.74, 6) is -1.04. The van der Waals surface area contributed by atoms with Crippen LogP contribution in [0.3, 0.4) is 0 Å². The molecule has 0 spiro atoms. The van der Waals surface area contributed by atoms with E-state index in [4.69, 9.17) is 23.2 Å². The molecule has 0 atom stereocenters. The minimum absolute atomic E-state index is 0.0261. The molecular formula is C42H28Cl2N10O16S6. The molecule has 0 aliphatic heterocycles. The van der Waals surface area contributed by atoms with Crippen molar-refractivity contribution in [3.05, 3.63) is 112 Å². The number of hydrogen-bond acceptors (Lipinski definition) is 21. The summed E-state index contributed by atoms with van der Waals surface area (Å²) in [7, 11) is -25.9. The van der Waals surface area contributed by atoms with Crippen LogP contribution in [0, 0.1) is 29.6 Å². The molecule has 0 aliphatic rings. The third-order valence-corrected chi connectivity index (χ3v) is 16.5. The first kappa shape index (κ1) is 56.3. The SMILES string of the molecule is CC(=O)Nc1ccc(-c2c(N=Nc3cc(S(=O)(=O)O)c4cc(S(=O)(=O)O)cc(S(=O)(=O)O)c4c3)sc(N=Nc3c(Nc4ccc(Cl)c(S(=O)(=O)O)c4)nc(Nc4ccc(Cl)c(S(=O)(=O)O)c4)c(C#N)c3C)c2C#N)cc1. The summed E-state index contributed by atoms with van der Waals surface area (Å²) in [5, 5.41) is 43.4. The van der Waals surface area contributed by atoms with Crippen molar-refractivity contribution in [2.45, 2.75) is 38.3 Å². The van der Waals surface area contributed by atoms with Crippen LogP contribution < -0.4 is 16.0 Å². The lowest BCUT2D eigenvalue weighted by molar-refractivity contribution is -0.114. The maximum Gasteiger partial charge on any atom is 0.296 e. The molecule has 0 fully saturated rings. The first-order chi connectivity index (χ1) is 35.3. The van der Waals surface area contributed by atoms with Gasteiger partial charge in [-0.1, -0.05) is 46.7 Å².